The molecule has 0 spiro atoms. The molecule has 2 heterocycles. The predicted octanol–water partition coefficient (Wildman–Crippen LogP) is 5.21. The quantitative estimate of drug-likeness (QED) is 0.395. The summed E-state index contributed by atoms with van der Waals surface area (Å²) in [6, 6.07) is 30.4. The first-order valence-corrected chi connectivity index (χ1v) is 9.56. The zero-order valence-corrected chi connectivity index (χ0v) is 16.0. The summed E-state index contributed by atoms with van der Waals surface area (Å²) in [6.07, 6.45) is 1.54. The van der Waals surface area contributed by atoms with Crippen LogP contribution >= 0.6 is 0 Å². The van der Waals surface area contributed by atoms with E-state index in [2.05, 4.69) is 10.1 Å². The van der Waals surface area contributed by atoms with Crippen molar-refractivity contribution in [1.29, 1.82) is 0 Å². The molecule has 3 aromatic carbocycles. The van der Waals surface area contributed by atoms with Gasteiger partial charge in [-0.05, 0) is 24.3 Å². The summed E-state index contributed by atoms with van der Waals surface area (Å²) in [5.74, 6) is 1.77. The van der Waals surface area contributed by atoms with E-state index in [1.54, 1.807) is 6.07 Å². The topological polar surface area (TPSA) is 60.4 Å². The van der Waals surface area contributed by atoms with Crippen molar-refractivity contribution in [1.82, 2.24) is 9.66 Å². The Morgan fingerprint density at radius 1 is 0.767 bits per heavy atom. The molecule has 0 N–H and O–H groups in total. The maximum Gasteiger partial charge on any atom is 0.282 e. The standard InChI is InChI=1S/C25H17N3O2/c29-25-21-13-7-8-14-22(21)27-24(19-11-5-2-6-12-19)28(25)26-17-20-15-16-23(30-20)18-9-3-1-4-10-18/h1-17H. The van der Waals surface area contributed by atoms with E-state index in [4.69, 9.17) is 4.42 Å². The molecular weight excluding hydrogens is 374 g/mol. The SMILES string of the molecule is O=c1c2ccccc2nc(-c2ccccc2)n1N=Cc1ccc(-c2ccccc2)o1. The Hall–Kier alpha value is -4.25. The van der Waals surface area contributed by atoms with E-state index in [9.17, 15) is 4.79 Å². The zero-order valence-electron chi connectivity index (χ0n) is 16.0. The van der Waals surface area contributed by atoms with Crippen LogP contribution in [0.3, 0.4) is 0 Å². The van der Waals surface area contributed by atoms with E-state index in [0.717, 1.165) is 16.9 Å². The van der Waals surface area contributed by atoms with Gasteiger partial charge in [0.2, 0.25) is 0 Å². The molecule has 0 saturated heterocycles. The van der Waals surface area contributed by atoms with Gasteiger partial charge in [0.05, 0.1) is 17.1 Å². The molecule has 0 fully saturated rings. The summed E-state index contributed by atoms with van der Waals surface area (Å²) in [5, 5.41) is 4.95. The van der Waals surface area contributed by atoms with Crippen molar-refractivity contribution in [3.8, 4) is 22.7 Å². The summed E-state index contributed by atoms with van der Waals surface area (Å²) < 4.78 is 7.20. The Morgan fingerprint density at radius 3 is 2.20 bits per heavy atom. The van der Waals surface area contributed by atoms with Crippen molar-refractivity contribution in [3.63, 3.8) is 0 Å². The third-order valence-corrected chi connectivity index (χ3v) is 4.77. The number of aromatic nitrogens is 2. The monoisotopic (exact) mass is 391 g/mol. The van der Waals surface area contributed by atoms with Gasteiger partial charge in [0.25, 0.3) is 5.56 Å². The molecule has 5 heteroatoms. The highest BCUT2D eigenvalue weighted by Crippen LogP contribution is 2.22. The first-order valence-electron chi connectivity index (χ1n) is 9.56. The normalized spacial score (nSPS) is 11.3. The predicted molar refractivity (Wildman–Crippen MR) is 119 cm³/mol. The van der Waals surface area contributed by atoms with Crippen LogP contribution in [0.25, 0.3) is 33.6 Å². The summed E-state index contributed by atoms with van der Waals surface area (Å²) in [7, 11) is 0. The van der Waals surface area contributed by atoms with Crippen LogP contribution in [0.5, 0.6) is 0 Å². The molecule has 0 unspecified atom stereocenters. The van der Waals surface area contributed by atoms with Gasteiger partial charge in [-0.15, -0.1) is 0 Å². The number of hydrogen-bond donors (Lipinski definition) is 0. The summed E-state index contributed by atoms with van der Waals surface area (Å²) in [5.41, 5.74) is 2.19. The van der Waals surface area contributed by atoms with Crippen molar-refractivity contribution in [3.05, 3.63) is 113 Å². The zero-order chi connectivity index (χ0) is 20.3. The van der Waals surface area contributed by atoms with Gasteiger partial charge in [0, 0.05) is 11.1 Å². The summed E-state index contributed by atoms with van der Waals surface area (Å²) in [6.45, 7) is 0. The minimum Gasteiger partial charge on any atom is -0.455 e. The number of benzene rings is 3. The molecule has 0 aliphatic heterocycles. The first kappa shape index (κ1) is 17.8. The van der Waals surface area contributed by atoms with Crippen LogP contribution in [0.2, 0.25) is 0 Å². The van der Waals surface area contributed by atoms with Crippen LogP contribution in [-0.4, -0.2) is 15.9 Å². The Kier molecular flexibility index (Phi) is 4.54. The van der Waals surface area contributed by atoms with Crippen molar-refractivity contribution in [2.75, 3.05) is 0 Å². The van der Waals surface area contributed by atoms with Gasteiger partial charge in [0.1, 0.15) is 11.5 Å². The van der Waals surface area contributed by atoms with E-state index >= 15 is 0 Å². The minimum atomic E-state index is -0.231. The van der Waals surface area contributed by atoms with E-state index in [1.807, 2.05) is 91.0 Å². The second kappa shape index (κ2) is 7.64. The fourth-order valence-electron chi connectivity index (χ4n) is 3.30. The highest BCUT2D eigenvalue weighted by Gasteiger charge is 2.12. The lowest BCUT2D eigenvalue weighted by Crippen LogP contribution is -2.20. The van der Waals surface area contributed by atoms with Crippen molar-refractivity contribution >= 4 is 17.1 Å². The third-order valence-electron chi connectivity index (χ3n) is 4.77. The lowest BCUT2D eigenvalue weighted by Gasteiger charge is -2.09. The van der Waals surface area contributed by atoms with Crippen LogP contribution in [0.15, 0.2) is 111 Å². The average molecular weight is 391 g/mol. The number of fused-ring (bicyclic) bond motifs is 1. The summed E-state index contributed by atoms with van der Waals surface area (Å²) >= 11 is 0. The summed E-state index contributed by atoms with van der Waals surface area (Å²) in [4.78, 5) is 17.8. The Morgan fingerprint density at radius 2 is 1.43 bits per heavy atom. The molecule has 2 aromatic heterocycles. The van der Waals surface area contributed by atoms with Gasteiger partial charge in [0.15, 0.2) is 5.82 Å². The van der Waals surface area contributed by atoms with Crippen LogP contribution in [0, 0.1) is 0 Å². The molecule has 5 nitrogen and oxygen atoms in total. The number of nitrogens with zero attached hydrogens (tertiary/aromatic N) is 3. The van der Waals surface area contributed by atoms with Gasteiger partial charge < -0.3 is 4.42 Å². The molecule has 0 saturated carbocycles. The van der Waals surface area contributed by atoms with Gasteiger partial charge >= 0.3 is 0 Å². The number of hydrogen-bond acceptors (Lipinski definition) is 4. The number of para-hydroxylation sites is 1. The molecule has 30 heavy (non-hydrogen) atoms. The fourth-order valence-corrected chi connectivity index (χ4v) is 3.30. The molecule has 144 valence electrons. The Bertz CT molecular complexity index is 1400. The van der Waals surface area contributed by atoms with Gasteiger partial charge in [-0.1, -0.05) is 72.8 Å². The Balaban J connectivity index is 1.61. The molecule has 0 aliphatic rings. The second-order valence-electron chi connectivity index (χ2n) is 6.75. The van der Waals surface area contributed by atoms with Crippen molar-refractivity contribution < 1.29 is 4.42 Å². The van der Waals surface area contributed by atoms with E-state index in [-0.39, 0.29) is 5.56 Å². The molecular formula is C25H17N3O2. The lowest BCUT2D eigenvalue weighted by atomic mass is 10.2. The molecule has 5 aromatic rings. The molecule has 0 radical (unpaired) electrons. The van der Waals surface area contributed by atoms with Gasteiger partial charge in [-0.3, -0.25) is 4.79 Å². The van der Waals surface area contributed by atoms with E-state index in [1.165, 1.54) is 10.9 Å². The smallest absolute Gasteiger partial charge is 0.282 e. The molecule has 0 bridgehead atoms. The van der Waals surface area contributed by atoms with Crippen molar-refractivity contribution in [2.45, 2.75) is 0 Å². The minimum absolute atomic E-state index is 0.231. The first-order chi connectivity index (χ1) is 14.8. The maximum atomic E-state index is 13.1. The van der Waals surface area contributed by atoms with Gasteiger partial charge in [-0.2, -0.15) is 9.78 Å². The van der Waals surface area contributed by atoms with Crippen LogP contribution in [-0.2, 0) is 0 Å². The maximum absolute atomic E-state index is 13.1. The van der Waals surface area contributed by atoms with Gasteiger partial charge in [-0.25, -0.2) is 4.98 Å². The second-order valence-corrected chi connectivity index (χ2v) is 6.75. The van der Waals surface area contributed by atoms with E-state index in [0.29, 0.717) is 22.5 Å². The molecule has 0 atom stereocenters. The molecule has 0 amide bonds. The number of rotatable bonds is 4. The van der Waals surface area contributed by atoms with Crippen molar-refractivity contribution in [2.24, 2.45) is 5.10 Å². The van der Waals surface area contributed by atoms with E-state index < -0.39 is 0 Å². The molecule has 5 rings (SSSR count). The Labute approximate surface area is 172 Å². The van der Waals surface area contributed by atoms with Crippen LogP contribution < -0.4 is 5.56 Å². The fraction of sp³-hybridized carbons (Fsp3) is 0. The lowest BCUT2D eigenvalue weighted by molar-refractivity contribution is 0.574. The van der Waals surface area contributed by atoms with Crippen LogP contribution in [0.1, 0.15) is 5.76 Å². The average Bonchev–Trinajstić information content (AvgIpc) is 3.29. The number of furan rings is 1. The van der Waals surface area contributed by atoms with Crippen LogP contribution in [0.4, 0.5) is 0 Å². The highest BCUT2D eigenvalue weighted by molar-refractivity contribution is 5.81. The third kappa shape index (κ3) is 3.33. The largest absolute Gasteiger partial charge is 0.455 e. The molecule has 0 aliphatic carbocycles. The highest BCUT2D eigenvalue weighted by atomic mass is 16.3.